The maximum atomic E-state index is 13.2. The second-order valence-electron chi connectivity index (χ2n) is 7.74. The molecule has 12 heteroatoms. The Bertz CT molecular complexity index is 1570. The van der Waals surface area contributed by atoms with Gasteiger partial charge < -0.3 is 4.74 Å². The molecule has 1 heterocycles. The normalized spacial score (nSPS) is 11.5. The Morgan fingerprint density at radius 2 is 1.81 bits per heavy atom. The number of carbonyl (C=O) groups excluding carboxylic acids is 1. The van der Waals surface area contributed by atoms with Crippen molar-refractivity contribution in [2.45, 2.75) is 11.8 Å². The van der Waals surface area contributed by atoms with Crippen LogP contribution in [0.4, 0.5) is 10.1 Å². The van der Waals surface area contributed by atoms with Crippen LogP contribution in [0, 0.1) is 12.7 Å². The molecule has 3 aromatic carbocycles. The predicted octanol–water partition coefficient (Wildman–Crippen LogP) is 4.55. The molecule has 1 amide bonds. The van der Waals surface area contributed by atoms with Gasteiger partial charge in [-0.1, -0.05) is 17.7 Å². The summed E-state index contributed by atoms with van der Waals surface area (Å²) in [6.07, 6.45) is 1.33. The van der Waals surface area contributed by atoms with Crippen LogP contribution in [0.1, 0.15) is 21.6 Å². The minimum Gasteiger partial charge on any atom is -0.497 e. The molecule has 0 spiro atoms. The lowest BCUT2D eigenvalue weighted by Gasteiger charge is -2.09. The van der Waals surface area contributed by atoms with Crippen molar-refractivity contribution >= 4 is 39.4 Å². The molecule has 4 aromatic rings. The van der Waals surface area contributed by atoms with E-state index in [4.69, 9.17) is 16.3 Å². The summed E-state index contributed by atoms with van der Waals surface area (Å²) in [7, 11) is -2.44. The fourth-order valence-corrected chi connectivity index (χ4v) is 4.73. The van der Waals surface area contributed by atoms with Gasteiger partial charge in [0.05, 0.1) is 35.2 Å². The van der Waals surface area contributed by atoms with Crippen LogP contribution >= 0.6 is 11.6 Å². The first-order valence-electron chi connectivity index (χ1n) is 10.8. The third-order valence-electron chi connectivity index (χ3n) is 5.23. The number of hydrogen-bond acceptors (Lipinski definition) is 6. The van der Waals surface area contributed by atoms with Crippen LogP contribution in [0.2, 0.25) is 5.15 Å². The van der Waals surface area contributed by atoms with E-state index >= 15 is 0 Å². The molecule has 0 aliphatic heterocycles. The Kier molecular flexibility index (Phi) is 7.55. The third-order valence-corrected chi connectivity index (χ3v) is 6.97. The highest BCUT2D eigenvalue weighted by Crippen LogP contribution is 2.23. The number of rotatable bonds is 8. The summed E-state index contributed by atoms with van der Waals surface area (Å²) in [5.41, 5.74) is 4.32. The molecule has 0 aliphatic rings. The molecule has 190 valence electrons. The number of benzene rings is 3. The number of methoxy groups -OCH3 is 1. The Morgan fingerprint density at radius 1 is 1.11 bits per heavy atom. The molecule has 0 saturated carbocycles. The van der Waals surface area contributed by atoms with E-state index in [1.54, 1.807) is 31.2 Å². The SMILES string of the molecule is COc1ccc(NS(=O)(=O)c2cccc(C(=O)NN=Cc3c(C)nn(-c4ccc(F)cc4)c3Cl)c2)cc1. The van der Waals surface area contributed by atoms with Gasteiger partial charge in [-0.25, -0.2) is 22.9 Å². The average molecular weight is 542 g/mol. The van der Waals surface area contributed by atoms with Gasteiger partial charge in [-0.15, -0.1) is 0 Å². The second-order valence-corrected chi connectivity index (χ2v) is 9.78. The molecule has 0 saturated heterocycles. The highest BCUT2D eigenvalue weighted by molar-refractivity contribution is 7.92. The lowest BCUT2D eigenvalue weighted by atomic mass is 10.2. The number of nitrogens with zero attached hydrogens (tertiary/aromatic N) is 3. The summed E-state index contributed by atoms with van der Waals surface area (Å²) in [5, 5.41) is 8.49. The number of nitrogens with one attached hydrogen (secondary N) is 2. The zero-order valence-electron chi connectivity index (χ0n) is 19.6. The average Bonchev–Trinajstić information content (AvgIpc) is 3.18. The Labute approximate surface area is 217 Å². The minimum atomic E-state index is -3.95. The maximum Gasteiger partial charge on any atom is 0.271 e. The molecule has 0 unspecified atom stereocenters. The van der Waals surface area contributed by atoms with E-state index < -0.39 is 15.9 Å². The summed E-state index contributed by atoms with van der Waals surface area (Å²) in [6.45, 7) is 1.71. The van der Waals surface area contributed by atoms with E-state index in [0.29, 0.717) is 28.4 Å². The Morgan fingerprint density at radius 3 is 2.49 bits per heavy atom. The smallest absolute Gasteiger partial charge is 0.271 e. The van der Waals surface area contributed by atoms with Gasteiger partial charge in [-0.3, -0.25) is 9.52 Å². The highest BCUT2D eigenvalue weighted by Gasteiger charge is 2.17. The highest BCUT2D eigenvalue weighted by atomic mass is 35.5. The van der Waals surface area contributed by atoms with Crippen molar-refractivity contribution in [1.82, 2.24) is 15.2 Å². The molecule has 9 nitrogen and oxygen atoms in total. The number of ether oxygens (including phenoxy) is 1. The molecule has 0 aliphatic carbocycles. The number of aromatic nitrogens is 2. The quantitative estimate of drug-likeness (QED) is 0.251. The third kappa shape index (κ3) is 5.96. The van der Waals surface area contributed by atoms with Gasteiger partial charge in [0.2, 0.25) is 0 Å². The Hall–Kier alpha value is -4.22. The molecule has 0 bridgehead atoms. The number of carbonyl (C=O) groups is 1. The monoisotopic (exact) mass is 541 g/mol. The van der Waals surface area contributed by atoms with E-state index in [9.17, 15) is 17.6 Å². The molecule has 0 fully saturated rings. The van der Waals surface area contributed by atoms with Crippen molar-refractivity contribution < 1.29 is 22.3 Å². The van der Waals surface area contributed by atoms with Gasteiger partial charge >= 0.3 is 0 Å². The van der Waals surface area contributed by atoms with Gasteiger partial charge in [-0.2, -0.15) is 10.2 Å². The second kappa shape index (κ2) is 10.8. The number of hydrazone groups is 1. The van der Waals surface area contributed by atoms with Crippen LogP contribution in [0.25, 0.3) is 5.69 Å². The lowest BCUT2D eigenvalue weighted by Crippen LogP contribution is -2.19. The van der Waals surface area contributed by atoms with Crippen molar-refractivity contribution in [1.29, 1.82) is 0 Å². The Balaban J connectivity index is 1.47. The fraction of sp³-hybridized carbons (Fsp3) is 0.0800. The van der Waals surface area contributed by atoms with Gasteiger partial charge in [0.25, 0.3) is 15.9 Å². The van der Waals surface area contributed by atoms with Crippen LogP contribution in [-0.2, 0) is 10.0 Å². The number of aryl methyl sites for hydroxylation is 1. The van der Waals surface area contributed by atoms with Crippen molar-refractivity contribution in [3.63, 3.8) is 0 Å². The van der Waals surface area contributed by atoms with Gasteiger partial charge in [0, 0.05) is 11.3 Å². The van der Waals surface area contributed by atoms with Crippen molar-refractivity contribution in [2.75, 3.05) is 11.8 Å². The zero-order valence-corrected chi connectivity index (χ0v) is 21.2. The summed E-state index contributed by atoms with van der Waals surface area (Å²) in [4.78, 5) is 12.5. The number of halogens is 2. The maximum absolute atomic E-state index is 13.2. The summed E-state index contributed by atoms with van der Waals surface area (Å²) >= 11 is 6.41. The lowest BCUT2D eigenvalue weighted by molar-refractivity contribution is 0.0955. The van der Waals surface area contributed by atoms with Crippen molar-refractivity contribution in [2.24, 2.45) is 5.10 Å². The van der Waals surface area contributed by atoms with Crippen molar-refractivity contribution in [3.8, 4) is 11.4 Å². The fourth-order valence-electron chi connectivity index (χ4n) is 3.31. The number of anilines is 1. The molecule has 4 rings (SSSR count). The van der Waals surface area contributed by atoms with Crippen LogP contribution in [0.3, 0.4) is 0 Å². The molecule has 0 atom stereocenters. The van der Waals surface area contributed by atoms with Crippen LogP contribution < -0.4 is 14.9 Å². The summed E-state index contributed by atoms with van der Waals surface area (Å²) in [6, 6.07) is 17.5. The molecule has 37 heavy (non-hydrogen) atoms. The number of sulfonamides is 1. The zero-order chi connectivity index (χ0) is 26.6. The van der Waals surface area contributed by atoms with Gasteiger partial charge in [0.1, 0.15) is 16.7 Å². The molecule has 0 radical (unpaired) electrons. The van der Waals surface area contributed by atoms with Crippen molar-refractivity contribution in [3.05, 3.63) is 101 Å². The largest absolute Gasteiger partial charge is 0.497 e. The topological polar surface area (TPSA) is 115 Å². The van der Waals surface area contributed by atoms with E-state index in [2.05, 4.69) is 20.3 Å². The van der Waals surface area contributed by atoms with Crippen LogP contribution in [-0.4, -0.2) is 37.4 Å². The molecule has 1 aromatic heterocycles. The first kappa shape index (κ1) is 25.9. The molecule has 2 N–H and O–H groups in total. The van der Waals surface area contributed by atoms with Crippen LogP contribution in [0.15, 0.2) is 82.8 Å². The van der Waals surface area contributed by atoms with Gasteiger partial charge in [0.15, 0.2) is 0 Å². The first-order chi connectivity index (χ1) is 17.7. The van der Waals surface area contributed by atoms with E-state index in [1.807, 2.05) is 0 Å². The van der Waals surface area contributed by atoms with E-state index in [-0.39, 0.29) is 21.4 Å². The van der Waals surface area contributed by atoms with Crippen LogP contribution in [0.5, 0.6) is 5.75 Å². The first-order valence-corrected chi connectivity index (χ1v) is 12.7. The van der Waals surface area contributed by atoms with E-state index in [1.165, 1.54) is 66.5 Å². The standard InChI is InChI=1S/C25H21ClFN5O4S/c1-16-23(24(26)32(30-16)20-10-6-18(27)7-11-20)15-28-29-25(33)17-4-3-5-22(14-17)37(34,35)31-19-8-12-21(36-2)13-9-19/h3-15,31H,1-2H3,(H,29,33). The number of amides is 1. The summed E-state index contributed by atoms with van der Waals surface area (Å²) < 4.78 is 47.8. The molecular formula is C25H21ClFN5O4S. The molecular weight excluding hydrogens is 521 g/mol. The van der Waals surface area contributed by atoms with Gasteiger partial charge in [-0.05, 0) is 73.7 Å². The number of hydrogen-bond donors (Lipinski definition) is 2. The van der Waals surface area contributed by atoms with E-state index in [0.717, 1.165) is 0 Å². The predicted molar refractivity (Wildman–Crippen MR) is 139 cm³/mol. The minimum absolute atomic E-state index is 0.0829. The summed E-state index contributed by atoms with van der Waals surface area (Å²) in [5.74, 6) is -0.430.